The highest BCUT2D eigenvalue weighted by Crippen LogP contribution is 2.21. The zero-order chi connectivity index (χ0) is 12.8. The molecule has 0 bridgehead atoms. The molecule has 0 fully saturated rings. The molecule has 17 heavy (non-hydrogen) atoms. The maximum absolute atomic E-state index is 11.6. The molecule has 0 radical (unpaired) electrons. The molecule has 0 amide bonds. The van der Waals surface area contributed by atoms with Gasteiger partial charge in [-0.3, -0.25) is 4.79 Å². The van der Waals surface area contributed by atoms with Crippen molar-refractivity contribution in [2.24, 2.45) is 0 Å². The molecule has 0 heterocycles. The number of carbonyl (C=O) groups excluding carboxylic acids is 1. The van der Waals surface area contributed by atoms with Crippen molar-refractivity contribution in [3.63, 3.8) is 0 Å². The monoisotopic (exact) mass is 236 g/mol. The Kier molecular flexibility index (Phi) is 5.01. The van der Waals surface area contributed by atoms with Gasteiger partial charge in [0.25, 0.3) is 0 Å². The van der Waals surface area contributed by atoms with Gasteiger partial charge in [0.05, 0.1) is 19.1 Å². The predicted molar refractivity (Wildman–Crippen MR) is 67.3 cm³/mol. The van der Waals surface area contributed by atoms with Crippen LogP contribution in [0.5, 0.6) is 5.75 Å². The molecular weight excluding hydrogens is 216 g/mol. The van der Waals surface area contributed by atoms with E-state index in [9.17, 15) is 4.79 Å². The van der Waals surface area contributed by atoms with Gasteiger partial charge < -0.3 is 9.47 Å². The molecule has 3 nitrogen and oxygen atoms in total. The first-order valence-corrected chi connectivity index (χ1v) is 5.94. The second kappa shape index (κ2) is 6.28. The average molecular weight is 236 g/mol. The molecular formula is C14H20O3. The van der Waals surface area contributed by atoms with Crippen LogP contribution in [0.4, 0.5) is 0 Å². The van der Waals surface area contributed by atoms with Gasteiger partial charge in [-0.25, -0.2) is 0 Å². The fraction of sp³-hybridized carbons (Fsp3) is 0.500. The van der Waals surface area contributed by atoms with Gasteiger partial charge in [-0.05, 0) is 33.8 Å². The van der Waals surface area contributed by atoms with E-state index < -0.39 is 0 Å². The maximum atomic E-state index is 11.6. The summed E-state index contributed by atoms with van der Waals surface area (Å²) in [5.41, 5.74) is 2.00. The molecule has 0 unspecified atom stereocenters. The van der Waals surface area contributed by atoms with E-state index in [2.05, 4.69) is 0 Å². The Morgan fingerprint density at radius 2 is 2.06 bits per heavy atom. The standard InChI is InChI=1S/C14H20O3/c1-5-16-13-7-6-11(4)8-12(13)9-14(15)17-10(2)3/h6-8,10H,5,9H2,1-4H3. The van der Waals surface area contributed by atoms with E-state index in [-0.39, 0.29) is 18.5 Å². The fourth-order valence-corrected chi connectivity index (χ4v) is 1.60. The van der Waals surface area contributed by atoms with E-state index in [1.165, 1.54) is 0 Å². The number of hydrogen-bond acceptors (Lipinski definition) is 3. The zero-order valence-corrected chi connectivity index (χ0v) is 10.9. The Balaban J connectivity index is 2.80. The highest BCUT2D eigenvalue weighted by Gasteiger charge is 2.11. The zero-order valence-electron chi connectivity index (χ0n) is 10.9. The Hall–Kier alpha value is -1.51. The summed E-state index contributed by atoms with van der Waals surface area (Å²) in [6, 6.07) is 5.84. The number of aryl methyl sites for hydroxylation is 1. The Labute approximate surface area is 103 Å². The Morgan fingerprint density at radius 3 is 2.65 bits per heavy atom. The van der Waals surface area contributed by atoms with Crippen LogP contribution in [0, 0.1) is 6.92 Å². The molecule has 0 aliphatic heterocycles. The van der Waals surface area contributed by atoms with Gasteiger partial charge in [-0.1, -0.05) is 17.7 Å². The third-order valence-electron chi connectivity index (χ3n) is 2.22. The van der Waals surface area contributed by atoms with Crippen LogP contribution in [0.15, 0.2) is 18.2 Å². The minimum absolute atomic E-state index is 0.0807. The first-order valence-electron chi connectivity index (χ1n) is 5.94. The lowest BCUT2D eigenvalue weighted by molar-refractivity contribution is -0.146. The lowest BCUT2D eigenvalue weighted by Crippen LogP contribution is -2.14. The van der Waals surface area contributed by atoms with Gasteiger partial charge >= 0.3 is 5.97 Å². The lowest BCUT2D eigenvalue weighted by Gasteiger charge is -2.12. The minimum atomic E-state index is -0.216. The van der Waals surface area contributed by atoms with Gasteiger partial charge in [0.1, 0.15) is 5.75 Å². The van der Waals surface area contributed by atoms with E-state index in [1.807, 2.05) is 45.9 Å². The summed E-state index contributed by atoms with van der Waals surface area (Å²) in [7, 11) is 0. The van der Waals surface area contributed by atoms with Gasteiger partial charge in [0, 0.05) is 5.56 Å². The minimum Gasteiger partial charge on any atom is -0.494 e. The van der Waals surface area contributed by atoms with E-state index in [4.69, 9.17) is 9.47 Å². The van der Waals surface area contributed by atoms with Crippen LogP contribution in [0.3, 0.4) is 0 Å². The second-order valence-corrected chi connectivity index (χ2v) is 4.26. The molecule has 1 rings (SSSR count). The van der Waals surface area contributed by atoms with Gasteiger partial charge in [0.2, 0.25) is 0 Å². The number of hydrogen-bond donors (Lipinski definition) is 0. The summed E-state index contributed by atoms with van der Waals surface area (Å²) in [6.07, 6.45) is 0.178. The van der Waals surface area contributed by atoms with Crippen molar-refractivity contribution in [3.8, 4) is 5.75 Å². The lowest BCUT2D eigenvalue weighted by atomic mass is 10.1. The van der Waals surface area contributed by atoms with Crippen LogP contribution in [0.25, 0.3) is 0 Å². The van der Waals surface area contributed by atoms with Gasteiger partial charge in [-0.2, -0.15) is 0 Å². The number of benzene rings is 1. The molecule has 1 aromatic carbocycles. The van der Waals surface area contributed by atoms with Crippen molar-refractivity contribution in [1.29, 1.82) is 0 Å². The molecule has 3 heteroatoms. The SMILES string of the molecule is CCOc1ccc(C)cc1CC(=O)OC(C)C. The maximum Gasteiger partial charge on any atom is 0.310 e. The molecule has 0 aromatic heterocycles. The van der Waals surface area contributed by atoms with Crippen LogP contribution in [0.1, 0.15) is 31.9 Å². The van der Waals surface area contributed by atoms with Crippen LogP contribution < -0.4 is 4.74 Å². The van der Waals surface area contributed by atoms with E-state index in [0.717, 1.165) is 16.9 Å². The first kappa shape index (κ1) is 13.6. The smallest absolute Gasteiger partial charge is 0.310 e. The number of carbonyl (C=O) groups is 1. The molecule has 0 saturated heterocycles. The van der Waals surface area contributed by atoms with Crippen molar-refractivity contribution < 1.29 is 14.3 Å². The van der Waals surface area contributed by atoms with Gasteiger partial charge in [0.15, 0.2) is 0 Å². The Morgan fingerprint density at radius 1 is 1.35 bits per heavy atom. The summed E-state index contributed by atoms with van der Waals surface area (Å²) >= 11 is 0. The molecule has 0 spiro atoms. The highest BCUT2D eigenvalue weighted by atomic mass is 16.5. The summed E-state index contributed by atoms with van der Waals surface area (Å²) < 4.78 is 10.6. The molecule has 0 atom stereocenters. The summed E-state index contributed by atoms with van der Waals surface area (Å²) in [4.78, 5) is 11.6. The third kappa shape index (κ3) is 4.47. The summed E-state index contributed by atoms with van der Waals surface area (Å²) in [5, 5.41) is 0. The van der Waals surface area contributed by atoms with Crippen LogP contribution >= 0.6 is 0 Å². The van der Waals surface area contributed by atoms with E-state index >= 15 is 0 Å². The highest BCUT2D eigenvalue weighted by molar-refractivity contribution is 5.73. The first-order chi connectivity index (χ1) is 8.02. The summed E-state index contributed by atoms with van der Waals surface area (Å²) in [5.74, 6) is 0.547. The number of ether oxygens (including phenoxy) is 2. The fourth-order valence-electron chi connectivity index (χ4n) is 1.60. The third-order valence-corrected chi connectivity index (χ3v) is 2.22. The van der Waals surface area contributed by atoms with Crippen molar-refractivity contribution in [1.82, 2.24) is 0 Å². The molecule has 0 aliphatic rings. The van der Waals surface area contributed by atoms with Crippen LogP contribution in [-0.4, -0.2) is 18.7 Å². The summed E-state index contributed by atoms with van der Waals surface area (Å²) in [6.45, 7) is 8.20. The Bertz CT molecular complexity index is 383. The van der Waals surface area contributed by atoms with Crippen molar-refractivity contribution in [2.45, 2.75) is 40.2 Å². The molecule has 94 valence electrons. The van der Waals surface area contributed by atoms with Gasteiger partial charge in [-0.15, -0.1) is 0 Å². The molecule has 0 N–H and O–H groups in total. The van der Waals surface area contributed by atoms with Crippen LogP contribution in [0.2, 0.25) is 0 Å². The van der Waals surface area contributed by atoms with Crippen molar-refractivity contribution >= 4 is 5.97 Å². The van der Waals surface area contributed by atoms with Crippen molar-refractivity contribution in [3.05, 3.63) is 29.3 Å². The van der Waals surface area contributed by atoms with Crippen molar-refractivity contribution in [2.75, 3.05) is 6.61 Å². The quantitative estimate of drug-likeness (QED) is 0.737. The number of esters is 1. The van der Waals surface area contributed by atoms with E-state index in [1.54, 1.807) is 0 Å². The largest absolute Gasteiger partial charge is 0.494 e. The molecule has 0 saturated carbocycles. The topological polar surface area (TPSA) is 35.5 Å². The van der Waals surface area contributed by atoms with Crippen LogP contribution in [-0.2, 0) is 16.0 Å². The second-order valence-electron chi connectivity index (χ2n) is 4.26. The number of rotatable bonds is 5. The van der Waals surface area contributed by atoms with E-state index in [0.29, 0.717) is 6.61 Å². The molecule has 0 aliphatic carbocycles. The molecule has 1 aromatic rings. The predicted octanol–water partition coefficient (Wildman–Crippen LogP) is 2.89. The normalized spacial score (nSPS) is 10.4. The average Bonchev–Trinajstić information content (AvgIpc) is 2.21.